The van der Waals surface area contributed by atoms with Gasteiger partial charge in [-0.25, -0.2) is 0 Å². The van der Waals surface area contributed by atoms with Gasteiger partial charge in [0.1, 0.15) is 0 Å². The molecular weight excluding hydrogens is 263 g/mol. The highest BCUT2D eigenvalue weighted by atomic mass is 19.4. The van der Waals surface area contributed by atoms with Crippen LogP contribution in [0.1, 0.15) is 31.4 Å². The molecule has 0 saturated carbocycles. The van der Waals surface area contributed by atoms with Gasteiger partial charge in [0.25, 0.3) is 0 Å². The summed E-state index contributed by atoms with van der Waals surface area (Å²) in [4.78, 5) is 2.19. The lowest BCUT2D eigenvalue weighted by Gasteiger charge is -2.22. The maximum atomic E-state index is 12.5. The van der Waals surface area contributed by atoms with Crippen molar-refractivity contribution < 1.29 is 13.2 Å². The Labute approximate surface area is 119 Å². The number of benzene rings is 1. The Morgan fingerprint density at radius 1 is 1.20 bits per heavy atom. The van der Waals surface area contributed by atoms with Crippen LogP contribution in [0, 0.1) is 5.92 Å². The number of hydrogen-bond acceptors (Lipinski definition) is 1. The van der Waals surface area contributed by atoms with Gasteiger partial charge in [0, 0.05) is 13.1 Å². The predicted octanol–water partition coefficient (Wildman–Crippen LogP) is 4.74. The van der Waals surface area contributed by atoms with Gasteiger partial charge in [-0.15, -0.1) is 6.58 Å². The summed E-state index contributed by atoms with van der Waals surface area (Å²) in [5.74, 6) is 0.606. The molecule has 112 valence electrons. The van der Waals surface area contributed by atoms with Crippen molar-refractivity contribution in [3.8, 4) is 0 Å². The molecule has 0 aromatic heterocycles. The summed E-state index contributed by atoms with van der Waals surface area (Å²) in [6.07, 6.45) is -1.38. The topological polar surface area (TPSA) is 3.24 Å². The van der Waals surface area contributed by atoms with E-state index in [2.05, 4.69) is 25.3 Å². The number of alkyl halides is 3. The third-order valence-corrected chi connectivity index (χ3v) is 3.10. The van der Waals surface area contributed by atoms with E-state index in [1.54, 1.807) is 12.1 Å². The molecule has 0 aliphatic rings. The molecule has 1 rings (SSSR count). The fourth-order valence-electron chi connectivity index (χ4n) is 1.92. The molecule has 0 bridgehead atoms. The molecule has 0 unspecified atom stereocenters. The van der Waals surface area contributed by atoms with E-state index >= 15 is 0 Å². The minimum absolute atomic E-state index is 0.598. The molecular formula is C16H22F3N. The van der Waals surface area contributed by atoms with Crippen LogP contribution in [0.3, 0.4) is 0 Å². The Morgan fingerprint density at radius 3 is 2.25 bits per heavy atom. The van der Waals surface area contributed by atoms with Gasteiger partial charge in [0.2, 0.25) is 0 Å². The highest BCUT2D eigenvalue weighted by molar-refractivity contribution is 5.24. The lowest BCUT2D eigenvalue weighted by atomic mass is 10.1. The van der Waals surface area contributed by atoms with Gasteiger partial charge >= 0.3 is 6.18 Å². The van der Waals surface area contributed by atoms with Crippen molar-refractivity contribution in [1.82, 2.24) is 4.90 Å². The van der Waals surface area contributed by atoms with Gasteiger partial charge in [0.15, 0.2) is 0 Å². The summed E-state index contributed by atoms with van der Waals surface area (Å²) in [5.41, 5.74) is 0.294. The Bertz CT molecular complexity index is 407. The summed E-state index contributed by atoms with van der Waals surface area (Å²) >= 11 is 0. The van der Waals surface area contributed by atoms with E-state index in [1.165, 1.54) is 0 Å². The van der Waals surface area contributed by atoms with Crippen LogP contribution >= 0.6 is 0 Å². The molecule has 0 heterocycles. The highest BCUT2D eigenvalue weighted by Gasteiger charge is 2.29. The molecule has 0 spiro atoms. The van der Waals surface area contributed by atoms with Gasteiger partial charge in [-0.2, -0.15) is 13.2 Å². The highest BCUT2D eigenvalue weighted by Crippen LogP contribution is 2.29. The molecule has 1 aromatic carbocycles. The number of nitrogens with zero attached hydrogens (tertiary/aromatic N) is 1. The van der Waals surface area contributed by atoms with Gasteiger partial charge in [-0.3, -0.25) is 4.90 Å². The van der Waals surface area contributed by atoms with E-state index in [0.29, 0.717) is 12.5 Å². The molecule has 0 N–H and O–H groups in total. The second kappa shape index (κ2) is 7.48. The Hall–Kier alpha value is -1.29. The van der Waals surface area contributed by atoms with E-state index in [1.807, 2.05) is 6.08 Å². The monoisotopic (exact) mass is 285 g/mol. The molecule has 20 heavy (non-hydrogen) atoms. The lowest BCUT2D eigenvalue weighted by molar-refractivity contribution is -0.137. The van der Waals surface area contributed by atoms with E-state index in [4.69, 9.17) is 0 Å². The minimum Gasteiger partial charge on any atom is -0.295 e. The lowest BCUT2D eigenvalue weighted by Crippen LogP contribution is -2.25. The van der Waals surface area contributed by atoms with Crippen LogP contribution < -0.4 is 0 Å². The molecule has 0 saturated heterocycles. The van der Waals surface area contributed by atoms with Crippen LogP contribution in [-0.2, 0) is 12.7 Å². The molecule has 0 amide bonds. The van der Waals surface area contributed by atoms with Gasteiger partial charge in [0.05, 0.1) is 5.56 Å². The Kier molecular flexibility index (Phi) is 6.27. The van der Waals surface area contributed by atoms with Crippen LogP contribution in [-0.4, -0.2) is 18.0 Å². The molecule has 0 radical (unpaired) electrons. The largest absolute Gasteiger partial charge is 0.416 e. The van der Waals surface area contributed by atoms with E-state index in [0.717, 1.165) is 37.2 Å². The average molecular weight is 285 g/mol. The molecule has 1 aromatic rings. The molecule has 0 aliphatic carbocycles. The fraction of sp³-hybridized carbons (Fsp3) is 0.500. The van der Waals surface area contributed by atoms with E-state index < -0.39 is 11.7 Å². The summed E-state index contributed by atoms with van der Waals surface area (Å²) in [6.45, 7) is 10.4. The molecule has 0 aliphatic heterocycles. The maximum absolute atomic E-state index is 12.5. The predicted molar refractivity (Wildman–Crippen MR) is 76.4 cm³/mol. The zero-order valence-electron chi connectivity index (χ0n) is 12.1. The second-order valence-electron chi connectivity index (χ2n) is 5.40. The van der Waals surface area contributed by atoms with Crippen molar-refractivity contribution in [2.75, 3.05) is 13.1 Å². The fourth-order valence-corrected chi connectivity index (χ4v) is 1.92. The summed E-state index contributed by atoms with van der Waals surface area (Å²) in [7, 11) is 0. The summed E-state index contributed by atoms with van der Waals surface area (Å²) < 4.78 is 37.5. The molecule has 1 nitrogen and oxygen atoms in total. The van der Waals surface area contributed by atoms with Crippen molar-refractivity contribution in [2.45, 2.75) is 33.0 Å². The number of halogens is 3. The van der Waals surface area contributed by atoms with Crippen molar-refractivity contribution in [3.05, 3.63) is 48.0 Å². The SMILES string of the molecule is C=CCN(CCC(C)C)Cc1ccc(C(F)(F)F)cc1. The first-order valence-corrected chi connectivity index (χ1v) is 6.82. The zero-order chi connectivity index (χ0) is 15.2. The first kappa shape index (κ1) is 16.8. The third kappa shape index (κ3) is 5.78. The van der Waals surface area contributed by atoms with Crippen molar-refractivity contribution in [1.29, 1.82) is 0 Å². The second-order valence-corrected chi connectivity index (χ2v) is 5.40. The van der Waals surface area contributed by atoms with Crippen LogP contribution in [0.5, 0.6) is 0 Å². The van der Waals surface area contributed by atoms with Crippen molar-refractivity contribution in [2.24, 2.45) is 5.92 Å². The normalized spacial score (nSPS) is 12.2. The van der Waals surface area contributed by atoms with Crippen LogP contribution in [0.2, 0.25) is 0 Å². The van der Waals surface area contributed by atoms with Crippen molar-refractivity contribution in [3.63, 3.8) is 0 Å². The van der Waals surface area contributed by atoms with Gasteiger partial charge in [-0.1, -0.05) is 32.1 Å². The molecule has 0 atom stereocenters. The van der Waals surface area contributed by atoms with Crippen LogP contribution in [0.4, 0.5) is 13.2 Å². The minimum atomic E-state index is -4.27. The zero-order valence-corrected chi connectivity index (χ0v) is 12.1. The van der Waals surface area contributed by atoms with Crippen LogP contribution in [0.25, 0.3) is 0 Å². The standard InChI is InChI=1S/C16H22F3N/c1-4-10-20(11-9-13(2)3)12-14-5-7-15(8-6-14)16(17,18)19/h4-8,13H,1,9-12H2,2-3H3. The van der Waals surface area contributed by atoms with Gasteiger partial charge in [-0.05, 0) is 36.6 Å². The quantitative estimate of drug-likeness (QED) is 0.654. The maximum Gasteiger partial charge on any atom is 0.416 e. The van der Waals surface area contributed by atoms with Gasteiger partial charge < -0.3 is 0 Å². The number of rotatable bonds is 7. The third-order valence-electron chi connectivity index (χ3n) is 3.10. The number of hydrogen-bond donors (Lipinski definition) is 0. The average Bonchev–Trinajstić information content (AvgIpc) is 2.36. The molecule has 4 heteroatoms. The van der Waals surface area contributed by atoms with Crippen molar-refractivity contribution >= 4 is 0 Å². The Balaban J connectivity index is 2.66. The summed E-state index contributed by atoms with van der Waals surface area (Å²) in [5, 5.41) is 0. The first-order valence-electron chi connectivity index (χ1n) is 6.82. The first-order chi connectivity index (χ1) is 9.32. The van der Waals surface area contributed by atoms with Crippen LogP contribution in [0.15, 0.2) is 36.9 Å². The van der Waals surface area contributed by atoms with E-state index in [9.17, 15) is 13.2 Å². The summed E-state index contributed by atoms with van der Waals surface area (Å²) in [6, 6.07) is 5.39. The molecule has 0 fully saturated rings. The Morgan fingerprint density at radius 2 is 1.80 bits per heavy atom. The van der Waals surface area contributed by atoms with E-state index in [-0.39, 0.29) is 0 Å². The smallest absolute Gasteiger partial charge is 0.295 e.